The first kappa shape index (κ1) is 20.2. The van der Waals surface area contributed by atoms with Crippen LogP contribution in [0.1, 0.15) is 5.56 Å². The van der Waals surface area contributed by atoms with Crippen LogP contribution in [0.4, 0.5) is 5.69 Å². The minimum Gasteiger partial charge on any atom is -0.378 e. The summed E-state index contributed by atoms with van der Waals surface area (Å²) in [5, 5.41) is 7.90. The fraction of sp³-hybridized carbons (Fsp3) is 0.238. The lowest BCUT2D eigenvalue weighted by Crippen LogP contribution is -2.36. The molecule has 0 atom stereocenters. The van der Waals surface area contributed by atoms with Crippen LogP contribution in [0.25, 0.3) is 11.3 Å². The number of benzene rings is 2. The number of thiazole rings is 1. The topological polar surface area (TPSA) is 42.1 Å². The van der Waals surface area contributed by atoms with Crippen LogP contribution >= 0.6 is 34.5 Å². The zero-order valence-electron chi connectivity index (χ0n) is 15.9. The predicted molar refractivity (Wildman–Crippen MR) is 122 cm³/mol. The Bertz CT molecular complexity index is 1080. The number of ether oxygens (including phenoxy) is 1. The van der Waals surface area contributed by atoms with E-state index in [-0.39, 0.29) is 0 Å². The summed E-state index contributed by atoms with van der Waals surface area (Å²) in [6.45, 7) is 3.39. The molecule has 1 aliphatic heterocycles. The highest BCUT2D eigenvalue weighted by Gasteiger charge is 2.12. The Morgan fingerprint density at radius 1 is 1.07 bits per heavy atom. The van der Waals surface area contributed by atoms with Gasteiger partial charge in [0.05, 0.1) is 30.1 Å². The summed E-state index contributed by atoms with van der Waals surface area (Å²) in [5.41, 5.74) is 3.88. The first-order valence-corrected chi connectivity index (χ1v) is 10.8. The van der Waals surface area contributed by atoms with Gasteiger partial charge < -0.3 is 9.64 Å². The Morgan fingerprint density at radius 2 is 1.83 bits per heavy atom. The third-order valence-electron chi connectivity index (χ3n) is 4.67. The van der Waals surface area contributed by atoms with Gasteiger partial charge in [0, 0.05) is 41.8 Å². The summed E-state index contributed by atoms with van der Waals surface area (Å²) < 4.78 is 7.21. The van der Waals surface area contributed by atoms with Crippen molar-refractivity contribution < 1.29 is 4.74 Å². The van der Waals surface area contributed by atoms with Crippen molar-refractivity contribution >= 4 is 46.4 Å². The number of hydrogen-bond acceptors (Lipinski definition) is 5. The first-order valence-electron chi connectivity index (χ1n) is 9.21. The third kappa shape index (κ3) is 4.56. The Hall–Kier alpha value is -2.12. The van der Waals surface area contributed by atoms with Gasteiger partial charge in [-0.25, -0.2) is 4.68 Å². The van der Waals surface area contributed by atoms with Gasteiger partial charge in [0.25, 0.3) is 0 Å². The largest absolute Gasteiger partial charge is 0.378 e. The molecule has 3 aromatic rings. The molecule has 0 saturated carbocycles. The van der Waals surface area contributed by atoms with Crippen molar-refractivity contribution in [3.05, 3.63) is 68.3 Å². The van der Waals surface area contributed by atoms with Gasteiger partial charge in [0.1, 0.15) is 0 Å². The van der Waals surface area contributed by atoms with E-state index in [0.717, 1.165) is 47.9 Å². The molecule has 1 fully saturated rings. The summed E-state index contributed by atoms with van der Waals surface area (Å²) in [7, 11) is 1.75. The summed E-state index contributed by atoms with van der Waals surface area (Å²) in [4.78, 5) is 7.43. The van der Waals surface area contributed by atoms with Crippen LogP contribution in [-0.2, 0) is 4.74 Å². The molecular weight excluding hydrogens is 427 g/mol. The smallest absolute Gasteiger partial charge is 0.205 e. The molecule has 2 aromatic carbocycles. The van der Waals surface area contributed by atoms with Gasteiger partial charge in [-0.1, -0.05) is 35.3 Å². The molecule has 8 heteroatoms. The number of aromatic nitrogens is 1. The zero-order chi connectivity index (χ0) is 20.2. The second-order valence-electron chi connectivity index (χ2n) is 6.50. The number of hydrogen-bond donors (Lipinski definition) is 0. The second kappa shape index (κ2) is 9.13. The fourth-order valence-corrected chi connectivity index (χ4v) is 4.34. The van der Waals surface area contributed by atoms with Crippen molar-refractivity contribution in [1.82, 2.24) is 4.68 Å². The highest BCUT2D eigenvalue weighted by Crippen LogP contribution is 2.31. The molecule has 150 valence electrons. The van der Waals surface area contributed by atoms with Crippen LogP contribution in [0.15, 0.2) is 57.9 Å². The Kier molecular flexibility index (Phi) is 6.35. The van der Waals surface area contributed by atoms with Crippen molar-refractivity contribution in [1.29, 1.82) is 0 Å². The lowest BCUT2D eigenvalue weighted by atomic mass is 10.2. The third-order valence-corrected chi connectivity index (χ3v) is 6.14. The van der Waals surface area contributed by atoms with E-state index < -0.39 is 0 Å². The summed E-state index contributed by atoms with van der Waals surface area (Å²) in [6.07, 6.45) is 1.83. The molecular formula is C21H20Cl2N4OS. The van der Waals surface area contributed by atoms with Crippen LogP contribution in [0, 0.1) is 0 Å². The van der Waals surface area contributed by atoms with Crippen molar-refractivity contribution in [3.8, 4) is 11.3 Å². The lowest BCUT2D eigenvalue weighted by Gasteiger charge is -2.28. The zero-order valence-corrected chi connectivity index (χ0v) is 18.2. The van der Waals surface area contributed by atoms with E-state index in [0.29, 0.717) is 10.0 Å². The van der Waals surface area contributed by atoms with Crippen LogP contribution in [-0.4, -0.2) is 44.2 Å². The van der Waals surface area contributed by atoms with Gasteiger partial charge in [-0.2, -0.15) is 5.10 Å². The number of anilines is 1. The number of rotatable bonds is 4. The molecule has 29 heavy (non-hydrogen) atoms. The van der Waals surface area contributed by atoms with Crippen LogP contribution in [0.2, 0.25) is 10.0 Å². The van der Waals surface area contributed by atoms with Crippen molar-refractivity contribution in [2.24, 2.45) is 10.1 Å². The van der Waals surface area contributed by atoms with E-state index in [1.807, 2.05) is 17.7 Å². The molecule has 0 aliphatic carbocycles. The molecule has 1 aromatic heterocycles. The molecule has 0 spiro atoms. The maximum atomic E-state index is 6.40. The van der Waals surface area contributed by atoms with Gasteiger partial charge in [-0.15, -0.1) is 11.3 Å². The maximum absolute atomic E-state index is 6.40. The van der Waals surface area contributed by atoms with Gasteiger partial charge in [0.2, 0.25) is 4.80 Å². The van der Waals surface area contributed by atoms with Crippen LogP contribution in [0.3, 0.4) is 0 Å². The van der Waals surface area contributed by atoms with Gasteiger partial charge >= 0.3 is 0 Å². The summed E-state index contributed by atoms with van der Waals surface area (Å²) in [6, 6.07) is 13.8. The van der Waals surface area contributed by atoms with Gasteiger partial charge in [0.15, 0.2) is 0 Å². The fourth-order valence-electron chi connectivity index (χ4n) is 3.16. The molecule has 2 heterocycles. The van der Waals surface area contributed by atoms with E-state index in [2.05, 4.69) is 39.3 Å². The predicted octanol–water partition coefficient (Wildman–Crippen LogP) is 4.77. The van der Waals surface area contributed by atoms with E-state index in [4.69, 9.17) is 27.9 Å². The minimum atomic E-state index is 0.619. The quantitative estimate of drug-likeness (QED) is 0.541. The Morgan fingerprint density at radius 3 is 2.55 bits per heavy atom. The Balaban J connectivity index is 1.63. The van der Waals surface area contributed by atoms with E-state index in [1.165, 1.54) is 17.0 Å². The standard InChI is InChI=1S/C21H20Cl2N4OS/c1-24-21-27(20(14-29-21)18-12-16(22)4-7-19(18)23)25-13-15-2-5-17(6-3-15)26-8-10-28-11-9-26/h2-7,12-14H,8-11H2,1H3. The molecule has 0 amide bonds. The lowest BCUT2D eigenvalue weighted by molar-refractivity contribution is 0.122. The van der Waals surface area contributed by atoms with E-state index in [1.54, 1.807) is 23.9 Å². The Labute approximate surface area is 183 Å². The second-order valence-corrected chi connectivity index (χ2v) is 8.18. The van der Waals surface area contributed by atoms with Crippen LogP contribution in [0.5, 0.6) is 0 Å². The van der Waals surface area contributed by atoms with Crippen molar-refractivity contribution in [3.63, 3.8) is 0 Å². The molecule has 1 aliphatic rings. The molecule has 0 N–H and O–H groups in total. The average molecular weight is 447 g/mol. The summed E-state index contributed by atoms with van der Waals surface area (Å²) >= 11 is 14.1. The number of morpholine rings is 1. The summed E-state index contributed by atoms with van der Waals surface area (Å²) in [5.74, 6) is 0. The maximum Gasteiger partial charge on any atom is 0.205 e. The van der Waals surface area contributed by atoms with Gasteiger partial charge in [-0.3, -0.25) is 4.99 Å². The molecule has 0 radical (unpaired) electrons. The molecule has 4 rings (SSSR count). The van der Waals surface area contributed by atoms with Crippen molar-refractivity contribution in [2.75, 3.05) is 38.3 Å². The van der Waals surface area contributed by atoms with E-state index in [9.17, 15) is 0 Å². The molecule has 0 unspecified atom stereocenters. The molecule has 1 saturated heterocycles. The normalized spacial score (nSPS) is 15.4. The van der Waals surface area contributed by atoms with Gasteiger partial charge in [-0.05, 0) is 35.9 Å². The minimum absolute atomic E-state index is 0.619. The molecule has 5 nitrogen and oxygen atoms in total. The highest BCUT2D eigenvalue weighted by molar-refractivity contribution is 7.07. The SMILES string of the molecule is CN=c1scc(-c2cc(Cl)ccc2Cl)n1N=Cc1ccc(N2CCOCC2)cc1. The van der Waals surface area contributed by atoms with Crippen LogP contribution < -0.4 is 9.70 Å². The molecule has 0 bridgehead atoms. The monoisotopic (exact) mass is 446 g/mol. The average Bonchev–Trinajstić information content (AvgIpc) is 3.17. The number of halogens is 2. The highest BCUT2D eigenvalue weighted by atomic mass is 35.5. The first-order chi connectivity index (χ1) is 14.2. The van der Waals surface area contributed by atoms with Crippen molar-refractivity contribution in [2.45, 2.75) is 0 Å². The number of nitrogens with zero attached hydrogens (tertiary/aromatic N) is 4. The van der Waals surface area contributed by atoms with E-state index >= 15 is 0 Å².